The van der Waals surface area contributed by atoms with Gasteiger partial charge in [-0.15, -0.1) is 0 Å². The minimum absolute atomic E-state index is 0.636. The van der Waals surface area contributed by atoms with Gasteiger partial charge in [0.1, 0.15) is 12.0 Å². The lowest BCUT2D eigenvalue weighted by Gasteiger charge is -1.91. The van der Waals surface area contributed by atoms with Crippen LogP contribution in [-0.4, -0.2) is 12.1 Å². The molecule has 0 unspecified atom stereocenters. The number of hydrogen-bond acceptors (Lipinski definition) is 2. The molecule has 0 aliphatic carbocycles. The monoisotopic (exact) mass is 197 g/mol. The average Bonchev–Trinajstić information content (AvgIpc) is 2.71. The zero-order valence-electron chi connectivity index (χ0n) is 7.00. The van der Waals surface area contributed by atoms with Crippen LogP contribution in [0.25, 0.3) is 11.5 Å². The van der Waals surface area contributed by atoms with Crippen molar-refractivity contribution in [2.24, 2.45) is 0 Å². The first kappa shape index (κ1) is 8.26. The molecule has 2 aromatic rings. The van der Waals surface area contributed by atoms with Gasteiger partial charge in [0.15, 0.2) is 11.5 Å². The first-order chi connectivity index (χ1) is 6.31. The van der Waals surface area contributed by atoms with E-state index in [0.717, 1.165) is 5.69 Å². The van der Waals surface area contributed by atoms with E-state index in [2.05, 4.69) is 4.98 Å². The number of aromatic nitrogens is 1. The van der Waals surface area contributed by atoms with E-state index in [1.807, 2.05) is 0 Å². The van der Waals surface area contributed by atoms with Crippen molar-refractivity contribution >= 4 is 11.6 Å². The number of ether oxygens (including phenoxy) is 1. The molecule has 2 aromatic heterocycles. The molecule has 0 bridgehead atoms. The molecule has 0 fully saturated rings. The SMILES string of the molecule is COc1coc(-c2[nH]ccc2Cl)c1. The zero-order valence-corrected chi connectivity index (χ0v) is 7.76. The summed E-state index contributed by atoms with van der Waals surface area (Å²) in [6, 6.07) is 3.55. The third-order valence-corrected chi connectivity index (χ3v) is 2.07. The molecular formula is C9H8ClNO2. The Labute approximate surface area is 80.3 Å². The van der Waals surface area contributed by atoms with Crippen molar-refractivity contribution in [3.63, 3.8) is 0 Å². The molecule has 3 nitrogen and oxygen atoms in total. The third-order valence-electron chi connectivity index (χ3n) is 1.75. The average molecular weight is 198 g/mol. The van der Waals surface area contributed by atoms with E-state index in [1.165, 1.54) is 6.26 Å². The summed E-state index contributed by atoms with van der Waals surface area (Å²) in [5.74, 6) is 1.35. The minimum Gasteiger partial charge on any atom is -0.493 e. The normalized spacial score (nSPS) is 10.3. The van der Waals surface area contributed by atoms with Crippen LogP contribution in [-0.2, 0) is 0 Å². The standard InChI is InChI=1S/C9H8ClNO2/c1-12-6-4-8(13-5-6)9-7(10)2-3-11-9/h2-5,11H,1H3. The number of rotatable bonds is 2. The predicted octanol–water partition coefficient (Wildman–Crippen LogP) is 2.94. The lowest BCUT2D eigenvalue weighted by atomic mass is 10.3. The molecule has 0 aromatic carbocycles. The van der Waals surface area contributed by atoms with Gasteiger partial charge in [-0.05, 0) is 6.07 Å². The molecule has 0 radical (unpaired) electrons. The van der Waals surface area contributed by atoms with Crippen LogP contribution in [0, 0.1) is 0 Å². The molecule has 0 atom stereocenters. The highest BCUT2D eigenvalue weighted by Gasteiger charge is 2.09. The van der Waals surface area contributed by atoms with Gasteiger partial charge in [0.05, 0.1) is 12.1 Å². The minimum atomic E-state index is 0.636. The van der Waals surface area contributed by atoms with Crippen LogP contribution in [0.1, 0.15) is 0 Å². The number of H-pyrrole nitrogens is 1. The van der Waals surface area contributed by atoms with Crippen molar-refractivity contribution < 1.29 is 9.15 Å². The van der Waals surface area contributed by atoms with E-state index in [0.29, 0.717) is 16.5 Å². The lowest BCUT2D eigenvalue weighted by molar-refractivity contribution is 0.406. The van der Waals surface area contributed by atoms with Gasteiger partial charge in [-0.2, -0.15) is 0 Å². The molecule has 0 spiro atoms. The predicted molar refractivity (Wildman–Crippen MR) is 50.1 cm³/mol. The maximum Gasteiger partial charge on any atom is 0.157 e. The zero-order chi connectivity index (χ0) is 9.26. The van der Waals surface area contributed by atoms with Gasteiger partial charge >= 0.3 is 0 Å². The highest BCUT2D eigenvalue weighted by Crippen LogP contribution is 2.29. The Balaban J connectivity index is 2.41. The fraction of sp³-hybridized carbons (Fsp3) is 0.111. The molecule has 2 rings (SSSR count). The highest BCUT2D eigenvalue weighted by atomic mass is 35.5. The molecule has 1 N–H and O–H groups in total. The summed E-state index contributed by atoms with van der Waals surface area (Å²) < 4.78 is 10.2. The Hall–Kier alpha value is -1.35. The van der Waals surface area contributed by atoms with E-state index in [4.69, 9.17) is 20.8 Å². The maximum atomic E-state index is 5.89. The van der Waals surface area contributed by atoms with Crippen LogP contribution >= 0.6 is 11.6 Å². The molecule has 0 aliphatic heterocycles. The van der Waals surface area contributed by atoms with E-state index >= 15 is 0 Å². The highest BCUT2D eigenvalue weighted by molar-refractivity contribution is 6.33. The topological polar surface area (TPSA) is 38.2 Å². The number of halogens is 1. The molecule has 68 valence electrons. The first-order valence-corrected chi connectivity index (χ1v) is 4.15. The van der Waals surface area contributed by atoms with Crippen molar-refractivity contribution in [2.45, 2.75) is 0 Å². The summed E-state index contributed by atoms with van der Waals surface area (Å²) in [6.07, 6.45) is 3.29. The Kier molecular flexibility index (Phi) is 2.02. The van der Waals surface area contributed by atoms with Crippen molar-refractivity contribution in [1.82, 2.24) is 4.98 Å². The van der Waals surface area contributed by atoms with Crippen molar-refractivity contribution in [2.75, 3.05) is 7.11 Å². The smallest absolute Gasteiger partial charge is 0.157 e. The fourth-order valence-corrected chi connectivity index (χ4v) is 1.31. The Morgan fingerprint density at radius 3 is 2.92 bits per heavy atom. The molecule has 0 amide bonds. The van der Waals surface area contributed by atoms with Gasteiger partial charge < -0.3 is 14.1 Å². The van der Waals surface area contributed by atoms with Gasteiger partial charge in [0.2, 0.25) is 0 Å². The van der Waals surface area contributed by atoms with E-state index in [9.17, 15) is 0 Å². The number of nitrogens with one attached hydrogen (secondary N) is 1. The summed E-state index contributed by atoms with van der Waals surface area (Å²) in [7, 11) is 1.59. The van der Waals surface area contributed by atoms with Crippen LogP contribution in [0.5, 0.6) is 5.75 Å². The van der Waals surface area contributed by atoms with E-state index < -0.39 is 0 Å². The fourth-order valence-electron chi connectivity index (χ4n) is 1.10. The van der Waals surface area contributed by atoms with Crippen molar-refractivity contribution in [3.8, 4) is 17.2 Å². The second kappa shape index (κ2) is 3.18. The Bertz CT molecular complexity index is 405. The largest absolute Gasteiger partial charge is 0.493 e. The molecule has 13 heavy (non-hydrogen) atoms. The number of aromatic amines is 1. The van der Waals surface area contributed by atoms with Crippen LogP contribution in [0.2, 0.25) is 5.02 Å². The summed E-state index contributed by atoms with van der Waals surface area (Å²) in [6.45, 7) is 0. The summed E-state index contributed by atoms with van der Waals surface area (Å²) >= 11 is 5.89. The molecule has 0 saturated heterocycles. The van der Waals surface area contributed by atoms with Gasteiger partial charge in [-0.1, -0.05) is 11.6 Å². The maximum absolute atomic E-state index is 5.89. The second-order valence-electron chi connectivity index (χ2n) is 2.55. The Morgan fingerprint density at radius 2 is 2.38 bits per heavy atom. The van der Waals surface area contributed by atoms with Gasteiger partial charge in [-0.3, -0.25) is 0 Å². The first-order valence-electron chi connectivity index (χ1n) is 3.77. The molecule has 0 saturated carbocycles. The van der Waals surface area contributed by atoms with Crippen LogP contribution in [0.3, 0.4) is 0 Å². The lowest BCUT2D eigenvalue weighted by Crippen LogP contribution is -1.76. The van der Waals surface area contributed by atoms with Gasteiger partial charge in [0.25, 0.3) is 0 Å². The molecular weight excluding hydrogens is 190 g/mol. The second-order valence-corrected chi connectivity index (χ2v) is 2.96. The summed E-state index contributed by atoms with van der Waals surface area (Å²) in [5, 5.41) is 0.636. The molecule has 2 heterocycles. The summed E-state index contributed by atoms with van der Waals surface area (Å²) in [4.78, 5) is 2.98. The van der Waals surface area contributed by atoms with Gasteiger partial charge in [-0.25, -0.2) is 0 Å². The number of hydrogen-bond donors (Lipinski definition) is 1. The molecule has 4 heteroatoms. The molecule has 0 aliphatic rings. The van der Waals surface area contributed by atoms with Crippen LogP contribution in [0.15, 0.2) is 29.0 Å². The third kappa shape index (κ3) is 1.42. The number of methoxy groups -OCH3 is 1. The van der Waals surface area contributed by atoms with Crippen LogP contribution in [0.4, 0.5) is 0 Å². The van der Waals surface area contributed by atoms with E-state index in [1.54, 1.807) is 25.4 Å². The van der Waals surface area contributed by atoms with Crippen molar-refractivity contribution in [1.29, 1.82) is 0 Å². The summed E-state index contributed by atoms with van der Waals surface area (Å²) in [5.41, 5.74) is 0.768. The van der Waals surface area contributed by atoms with Crippen molar-refractivity contribution in [3.05, 3.63) is 29.6 Å². The Morgan fingerprint density at radius 1 is 1.54 bits per heavy atom. The number of furan rings is 1. The van der Waals surface area contributed by atoms with Crippen LogP contribution < -0.4 is 4.74 Å². The quantitative estimate of drug-likeness (QED) is 0.804. The van der Waals surface area contributed by atoms with E-state index in [-0.39, 0.29) is 0 Å². The van der Waals surface area contributed by atoms with Gasteiger partial charge in [0, 0.05) is 12.3 Å².